The lowest BCUT2D eigenvalue weighted by Gasteiger charge is -2.29. The molecule has 0 aliphatic heterocycles. The molecule has 2 atom stereocenters. The highest BCUT2D eigenvalue weighted by molar-refractivity contribution is 7.12. The van der Waals surface area contributed by atoms with Crippen LogP contribution in [0.5, 0.6) is 0 Å². The van der Waals surface area contributed by atoms with Gasteiger partial charge in [-0.15, -0.1) is 11.3 Å². The maximum Gasteiger partial charge on any atom is 0.00966 e. The number of nitrogens with one attached hydrogen (secondary N) is 1. The van der Waals surface area contributed by atoms with Crippen molar-refractivity contribution in [2.75, 3.05) is 6.54 Å². The molecule has 1 fully saturated rings. The summed E-state index contributed by atoms with van der Waals surface area (Å²) in [6.07, 6.45) is 7.03. The van der Waals surface area contributed by atoms with Gasteiger partial charge in [0.05, 0.1) is 0 Å². The van der Waals surface area contributed by atoms with Gasteiger partial charge < -0.3 is 5.32 Å². The molecular weight excluding hydrogens is 250 g/mol. The second kappa shape index (κ2) is 6.41. The first-order valence-electron chi connectivity index (χ1n) is 7.77. The quantitative estimate of drug-likeness (QED) is 0.758. The molecule has 1 aliphatic rings. The van der Waals surface area contributed by atoms with Crippen molar-refractivity contribution < 1.29 is 0 Å². The minimum Gasteiger partial charge on any atom is -0.312 e. The second-order valence-electron chi connectivity index (χ2n) is 7.08. The van der Waals surface area contributed by atoms with E-state index in [-0.39, 0.29) is 5.54 Å². The Kier molecular flexibility index (Phi) is 5.08. The fraction of sp³-hybridized carbons (Fsp3) is 0.765. The molecule has 2 rings (SSSR count). The van der Waals surface area contributed by atoms with Crippen molar-refractivity contribution in [3.8, 4) is 0 Å². The standard InChI is InChI=1S/C17H29NS/c1-13-10-11-16(19-13)15-9-7-5-6-8-14(15)12-18-17(2,3)4/h10-11,14-15,18H,5-9,12H2,1-4H3. The first-order chi connectivity index (χ1) is 8.96. The lowest BCUT2D eigenvalue weighted by atomic mass is 9.86. The second-order valence-corrected chi connectivity index (χ2v) is 8.40. The number of hydrogen-bond donors (Lipinski definition) is 1. The van der Waals surface area contributed by atoms with E-state index < -0.39 is 0 Å². The summed E-state index contributed by atoms with van der Waals surface area (Å²) in [6, 6.07) is 4.67. The topological polar surface area (TPSA) is 12.0 Å². The minimum absolute atomic E-state index is 0.238. The average Bonchev–Trinajstić information content (AvgIpc) is 2.62. The fourth-order valence-corrected chi connectivity index (χ4v) is 4.20. The first kappa shape index (κ1) is 15.1. The zero-order valence-corrected chi connectivity index (χ0v) is 13.8. The fourth-order valence-electron chi connectivity index (χ4n) is 3.09. The van der Waals surface area contributed by atoms with Gasteiger partial charge in [0.2, 0.25) is 0 Å². The van der Waals surface area contributed by atoms with E-state index >= 15 is 0 Å². The largest absolute Gasteiger partial charge is 0.312 e. The number of hydrogen-bond acceptors (Lipinski definition) is 2. The molecule has 1 aromatic rings. The van der Waals surface area contributed by atoms with Gasteiger partial charge >= 0.3 is 0 Å². The molecule has 0 aromatic carbocycles. The Bertz CT molecular complexity index is 388. The maximum absolute atomic E-state index is 3.73. The Morgan fingerprint density at radius 3 is 2.53 bits per heavy atom. The smallest absolute Gasteiger partial charge is 0.00966 e. The Morgan fingerprint density at radius 1 is 1.16 bits per heavy atom. The summed E-state index contributed by atoms with van der Waals surface area (Å²) in [6.45, 7) is 10.2. The van der Waals surface area contributed by atoms with Crippen LogP contribution in [0.15, 0.2) is 12.1 Å². The molecular formula is C17H29NS. The highest BCUT2D eigenvalue weighted by Gasteiger charge is 2.27. The van der Waals surface area contributed by atoms with Crippen molar-refractivity contribution >= 4 is 11.3 Å². The van der Waals surface area contributed by atoms with Gasteiger partial charge in [0.15, 0.2) is 0 Å². The molecule has 1 heterocycles. The number of thiophene rings is 1. The van der Waals surface area contributed by atoms with Gasteiger partial charge in [-0.2, -0.15) is 0 Å². The molecule has 0 bridgehead atoms. The van der Waals surface area contributed by atoms with Gasteiger partial charge in [-0.3, -0.25) is 0 Å². The van der Waals surface area contributed by atoms with Crippen LogP contribution in [0.3, 0.4) is 0 Å². The van der Waals surface area contributed by atoms with Gasteiger partial charge in [-0.25, -0.2) is 0 Å². The molecule has 1 saturated carbocycles. The summed E-state index contributed by atoms with van der Waals surface area (Å²) in [5, 5.41) is 3.73. The van der Waals surface area contributed by atoms with E-state index in [0.29, 0.717) is 0 Å². The molecule has 19 heavy (non-hydrogen) atoms. The number of aryl methyl sites for hydroxylation is 1. The third kappa shape index (κ3) is 4.61. The van der Waals surface area contributed by atoms with E-state index in [2.05, 4.69) is 45.1 Å². The summed E-state index contributed by atoms with van der Waals surface area (Å²) in [5.74, 6) is 1.61. The highest BCUT2D eigenvalue weighted by atomic mass is 32.1. The van der Waals surface area contributed by atoms with Crippen LogP contribution in [0.25, 0.3) is 0 Å². The predicted molar refractivity (Wildman–Crippen MR) is 86.1 cm³/mol. The third-order valence-corrected chi connectivity index (χ3v) is 5.31. The van der Waals surface area contributed by atoms with Crippen LogP contribution in [0, 0.1) is 12.8 Å². The van der Waals surface area contributed by atoms with Crippen LogP contribution in [0.1, 0.15) is 68.5 Å². The van der Waals surface area contributed by atoms with Crippen LogP contribution in [-0.4, -0.2) is 12.1 Å². The van der Waals surface area contributed by atoms with Crippen molar-refractivity contribution in [3.05, 3.63) is 21.9 Å². The van der Waals surface area contributed by atoms with Gasteiger partial charge in [-0.1, -0.05) is 19.3 Å². The average molecular weight is 279 g/mol. The summed E-state index contributed by atoms with van der Waals surface area (Å²) >= 11 is 2.01. The molecule has 1 aromatic heterocycles. The van der Waals surface area contributed by atoms with Gasteiger partial charge in [0, 0.05) is 15.3 Å². The van der Waals surface area contributed by atoms with E-state index in [1.54, 1.807) is 4.88 Å². The molecule has 0 radical (unpaired) electrons. The van der Waals surface area contributed by atoms with E-state index in [1.165, 1.54) is 43.5 Å². The lowest BCUT2D eigenvalue weighted by Crippen LogP contribution is -2.40. The maximum atomic E-state index is 3.73. The van der Waals surface area contributed by atoms with E-state index in [1.807, 2.05) is 11.3 Å². The normalized spacial score (nSPS) is 25.3. The van der Waals surface area contributed by atoms with E-state index in [4.69, 9.17) is 0 Å². The van der Waals surface area contributed by atoms with Crippen LogP contribution >= 0.6 is 11.3 Å². The SMILES string of the molecule is Cc1ccc(C2CCCCCC2CNC(C)(C)C)s1. The Hall–Kier alpha value is -0.340. The Balaban J connectivity index is 2.07. The summed E-state index contributed by atoms with van der Waals surface area (Å²) < 4.78 is 0. The zero-order chi connectivity index (χ0) is 13.9. The summed E-state index contributed by atoms with van der Waals surface area (Å²) in [5.41, 5.74) is 0.238. The molecule has 108 valence electrons. The lowest BCUT2D eigenvalue weighted by molar-refractivity contribution is 0.324. The molecule has 1 nitrogen and oxygen atoms in total. The molecule has 1 aliphatic carbocycles. The highest BCUT2D eigenvalue weighted by Crippen LogP contribution is 2.39. The van der Waals surface area contributed by atoms with Crippen LogP contribution in [0.2, 0.25) is 0 Å². The Labute approximate surface area is 122 Å². The summed E-state index contributed by atoms with van der Waals surface area (Å²) in [7, 11) is 0. The molecule has 2 unspecified atom stereocenters. The molecule has 2 heteroatoms. The zero-order valence-electron chi connectivity index (χ0n) is 13.0. The molecule has 1 N–H and O–H groups in total. The van der Waals surface area contributed by atoms with E-state index in [9.17, 15) is 0 Å². The molecule has 0 amide bonds. The van der Waals surface area contributed by atoms with Crippen LogP contribution in [0.4, 0.5) is 0 Å². The Morgan fingerprint density at radius 2 is 1.89 bits per heavy atom. The monoisotopic (exact) mass is 279 g/mol. The minimum atomic E-state index is 0.238. The van der Waals surface area contributed by atoms with Crippen LogP contribution in [-0.2, 0) is 0 Å². The van der Waals surface area contributed by atoms with Crippen molar-refractivity contribution in [3.63, 3.8) is 0 Å². The van der Waals surface area contributed by atoms with Crippen molar-refractivity contribution in [1.82, 2.24) is 5.32 Å². The van der Waals surface area contributed by atoms with Gasteiger partial charge in [0.1, 0.15) is 0 Å². The van der Waals surface area contributed by atoms with Crippen molar-refractivity contribution in [2.45, 2.75) is 71.3 Å². The predicted octanol–water partition coefficient (Wildman–Crippen LogP) is 5.11. The van der Waals surface area contributed by atoms with Crippen molar-refractivity contribution in [1.29, 1.82) is 0 Å². The van der Waals surface area contributed by atoms with E-state index in [0.717, 1.165) is 11.8 Å². The van der Waals surface area contributed by atoms with Crippen LogP contribution < -0.4 is 5.32 Å². The third-order valence-electron chi connectivity index (χ3n) is 4.18. The molecule has 0 saturated heterocycles. The van der Waals surface area contributed by atoms with Gasteiger partial charge in [0.25, 0.3) is 0 Å². The van der Waals surface area contributed by atoms with Crippen molar-refractivity contribution in [2.24, 2.45) is 5.92 Å². The number of rotatable bonds is 3. The first-order valence-corrected chi connectivity index (χ1v) is 8.59. The summed E-state index contributed by atoms with van der Waals surface area (Å²) in [4.78, 5) is 3.09. The molecule has 0 spiro atoms. The van der Waals surface area contributed by atoms with Gasteiger partial charge in [-0.05, 0) is 71.0 Å².